The minimum absolute atomic E-state index is 0.115. The molecule has 0 radical (unpaired) electrons. The Balaban J connectivity index is 2.36. The highest BCUT2D eigenvalue weighted by Gasteiger charge is 2.24. The zero-order valence-electron chi connectivity index (χ0n) is 13.0. The Hall–Kier alpha value is -0.940. The molecule has 1 atom stereocenters. The van der Waals surface area contributed by atoms with Gasteiger partial charge in [0, 0.05) is 11.3 Å². The maximum absolute atomic E-state index is 11.9. The van der Waals surface area contributed by atoms with E-state index in [1.165, 1.54) is 0 Å². The van der Waals surface area contributed by atoms with Crippen molar-refractivity contribution in [3.63, 3.8) is 0 Å². The van der Waals surface area contributed by atoms with Crippen molar-refractivity contribution in [2.45, 2.75) is 53.5 Å². The van der Waals surface area contributed by atoms with Gasteiger partial charge in [-0.05, 0) is 37.6 Å². The van der Waals surface area contributed by atoms with Crippen molar-refractivity contribution in [3.05, 3.63) is 16.1 Å². The van der Waals surface area contributed by atoms with E-state index in [0.29, 0.717) is 25.4 Å². The quantitative estimate of drug-likeness (QED) is 0.813. The van der Waals surface area contributed by atoms with Crippen molar-refractivity contribution in [2.75, 3.05) is 6.54 Å². The number of thiazole rings is 1. The number of nitrogens with two attached hydrogens (primary N) is 1. The molecule has 0 bridgehead atoms. The van der Waals surface area contributed by atoms with Crippen LogP contribution in [0, 0.1) is 18.3 Å². The summed E-state index contributed by atoms with van der Waals surface area (Å²) in [4.78, 5) is 17.2. The van der Waals surface area contributed by atoms with E-state index in [4.69, 9.17) is 5.73 Å². The van der Waals surface area contributed by atoms with Gasteiger partial charge in [0.15, 0.2) is 0 Å². The van der Waals surface area contributed by atoms with Crippen LogP contribution in [-0.2, 0) is 11.3 Å². The fourth-order valence-electron chi connectivity index (χ4n) is 2.28. The summed E-state index contributed by atoms with van der Waals surface area (Å²) in [5.41, 5.74) is 8.69. The fourth-order valence-corrected chi connectivity index (χ4v) is 3.00. The van der Waals surface area contributed by atoms with Crippen LogP contribution in [0.3, 0.4) is 0 Å². The second kappa shape index (κ2) is 7.74. The van der Waals surface area contributed by atoms with Gasteiger partial charge in [0.1, 0.15) is 0 Å². The maximum Gasteiger partial charge on any atom is 0.220 e. The SMILES string of the molecule is Cc1ncsc1CNC(=O)CCC(CCN)C(C)(C)C. The lowest BCUT2D eigenvalue weighted by Gasteiger charge is -2.30. The van der Waals surface area contributed by atoms with E-state index in [1.807, 2.05) is 12.4 Å². The van der Waals surface area contributed by atoms with Crippen LogP contribution >= 0.6 is 11.3 Å². The van der Waals surface area contributed by atoms with Gasteiger partial charge in [-0.25, -0.2) is 4.98 Å². The van der Waals surface area contributed by atoms with Gasteiger partial charge >= 0.3 is 0 Å². The Bertz CT molecular complexity index is 423. The van der Waals surface area contributed by atoms with Crippen LogP contribution in [0.15, 0.2) is 5.51 Å². The summed E-state index contributed by atoms with van der Waals surface area (Å²) in [5, 5.41) is 2.98. The first-order valence-corrected chi connectivity index (χ1v) is 8.08. The molecule has 3 N–H and O–H groups in total. The van der Waals surface area contributed by atoms with Crippen molar-refractivity contribution in [2.24, 2.45) is 17.1 Å². The molecule has 114 valence electrons. The Morgan fingerprint density at radius 2 is 2.15 bits per heavy atom. The molecule has 0 saturated carbocycles. The van der Waals surface area contributed by atoms with E-state index in [2.05, 4.69) is 31.1 Å². The smallest absolute Gasteiger partial charge is 0.220 e. The van der Waals surface area contributed by atoms with Crippen LogP contribution in [-0.4, -0.2) is 17.4 Å². The third-order valence-corrected chi connectivity index (χ3v) is 4.69. The molecule has 0 aliphatic heterocycles. The number of amides is 1. The minimum atomic E-state index is 0.115. The largest absolute Gasteiger partial charge is 0.351 e. The second-order valence-electron chi connectivity index (χ2n) is 6.32. The van der Waals surface area contributed by atoms with E-state index in [-0.39, 0.29) is 11.3 Å². The van der Waals surface area contributed by atoms with Crippen molar-refractivity contribution in [1.29, 1.82) is 0 Å². The van der Waals surface area contributed by atoms with Gasteiger partial charge in [-0.15, -0.1) is 11.3 Å². The lowest BCUT2D eigenvalue weighted by atomic mass is 9.76. The fraction of sp³-hybridized carbons (Fsp3) is 0.733. The number of aryl methyl sites for hydroxylation is 1. The number of nitrogens with zero attached hydrogens (tertiary/aromatic N) is 1. The number of hydrogen-bond donors (Lipinski definition) is 2. The minimum Gasteiger partial charge on any atom is -0.351 e. The van der Waals surface area contributed by atoms with Crippen LogP contribution in [0.5, 0.6) is 0 Å². The second-order valence-corrected chi connectivity index (χ2v) is 7.26. The monoisotopic (exact) mass is 297 g/mol. The summed E-state index contributed by atoms with van der Waals surface area (Å²) >= 11 is 1.59. The topological polar surface area (TPSA) is 68.0 Å². The third kappa shape index (κ3) is 5.59. The van der Waals surface area contributed by atoms with Gasteiger partial charge in [0.05, 0.1) is 17.7 Å². The normalized spacial score (nSPS) is 13.2. The standard InChI is InChI=1S/C15H27N3OS/c1-11-13(20-10-18-11)9-17-14(19)6-5-12(7-8-16)15(2,3)4/h10,12H,5-9,16H2,1-4H3,(H,17,19). The third-order valence-electron chi connectivity index (χ3n) is 3.75. The van der Waals surface area contributed by atoms with Gasteiger partial charge in [-0.1, -0.05) is 20.8 Å². The molecule has 0 saturated heterocycles. The summed E-state index contributed by atoms with van der Waals surface area (Å²) in [5.74, 6) is 0.604. The molecule has 20 heavy (non-hydrogen) atoms. The highest BCUT2D eigenvalue weighted by Crippen LogP contribution is 2.32. The molecule has 1 amide bonds. The molecule has 0 aliphatic carbocycles. The maximum atomic E-state index is 11.9. The van der Waals surface area contributed by atoms with Gasteiger partial charge < -0.3 is 11.1 Å². The van der Waals surface area contributed by atoms with Crippen LogP contribution in [0.4, 0.5) is 0 Å². The van der Waals surface area contributed by atoms with Crippen molar-refractivity contribution >= 4 is 17.2 Å². The average Bonchev–Trinajstić information content (AvgIpc) is 2.76. The summed E-state index contributed by atoms with van der Waals surface area (Å²) in [6.07, 6.45) is 2.44. The molecule has 0 aromatic carbocycles. The predicted molar refractivity (Wildman–Crippen MR) is 84.5 cm³/mol. The average molecular weight is 297 g/mol. The number of carbonyl (C=O) groups is 1. The van der Waals surface area contributed by atoms with Gasteiger partial charge in [-0.3, -0.25) is 4.79 Å². The molecule has 1 unspecified atom stereocenters. The van der Waals surface area contributed by atoms with E-state index in [9.17, 15) is 4.79 Å². The number of hydrogen-bond acceptors (Lipinski definition) is 4. The van der Waals surface area contributed by atoms with E-state index in [1.54, 1.807) is 11.3 Å². The van der Waals surface area contributed by atoms with Crippen LogP contribution in [0.2, 0.25) is 0 Å². The molecule has 5 heteroatoms. The molecular weight excluding hydrogens is 270 g/mol. The van der Waals surface area contributed by atoms with Crippen LogP contribution < -0.4 is 11.1 Å². The Morgan fingerprint density at radius 3 is 2.65 bits per heavy atom. The number of rotatable bonds is 7. The Kier molecular flexibility index (Phi) is 6.62. The molecular formula is C15H27N3OS. The first kappa shape index (κ1) is 17.1. The van der Waals surface area contributed by atoms with E-state index in [0.717, 1.165) is 23.4 Å². The highest BCUT2D eigenvalue weighted by atomic mass is 32.1. The lowest BCUT2D eigenvalue weighted by Crippen LogP contribution is -2.27. The molecule has 0 aliphatic rings. The first-order valence-electron chi connectivity index (χ1n) is 7.20. The first-order chi connectivity index (χ1) is 9.34. The molecule has 1 rings (SSSR count). The predicted octanol–water partition coefficient (Wildman–Crippen LogP) is 2.86. The molecule has 0 spiro atoms. The van der Waals surface area contributed by atoms with E-state index < -0.39 is 0 Å². The van der Waals surface area contributed by atoms with Gasteiger partial charge in [-0.2, -0.15) is 0 Å². The molecule has 1 aromatic rings. The molecule has 1 aromatic heterocycles. The lowest BCUT2D eigenvalue weighted by molar-refractivity contribution is -0.121. The highest BCUT2D eigenvalue weighted by molar-refractivity contribution is 7.09. The van der Waals surface area contributed by atoms with Crippen molar-refractivity contribution < 1.29 is 4.79 Å². The zero-order chi connectivity index (χ0) is 15.2. The van der Waals surface area contributed by atoms with Gasteiger partial charge in [0.25, 0.3) is 0 Å². The summed E-state index contributed by atoms with van der Waals surface area (Å²) in [6.45, 7) is 9.88. The number of nitrogens with one attached hydrogen (secondary N) is 1. The van der Waals surface area contributed by atoms with Crippen molar-refractivity contribution in [1.82, 2.24) is 10.3 Å². The summed E-state index contributed by atoms with van der Waals surface area (Å²) < 4.78 is 0. The van der Waals surface area contributed by atoms with Crippen molar-refractivity contribution in [3.8, 4) is 0 Å². The molecule has 4 nitrogen and oxygen atoms in total. The van der Waals surface area contributed by atoms with Gasteiger partial charge in [0.2, 0.25) is 5.91 Å². The van der Waals surface area contributed by atoms with Crippen LogP contribution in [0.1, 0.15) is 50.6 Å². The number of aromatic nitrogens is 1. The Labute approximate surface area is 126 Å². The molecule has 1 heterocycles. The Morgan fingerprint density at radius 1 is 1.45 bits per heavy atom. The molecule has 0 fully saturated rings. The van der Waals surface area contributed by atoms with E-state index >= 15 is 0 Å². The summed E-state index contributed by atoms with van der Waals surface area (Å²) in [7, 11) is 0. The van der Waals surface area contributed by atoms with Crippen LogP contribution in [0.25, 0.3) is 0 Å². The zero-order valence-corrected chi connectivity index (χ0v) is 13.8. The summed E-state index contributed by atoms with van der Waals surface area (Å²) in [6, 6.07) is 0. The number of carbonyl (C=O) groups excluding carboxylic acids is 1.